The highest BCUT2D eigenvalue weighted by Gasteiger charge is 2.36. The molecule has 102 valence electrons. The number of carbonyl (C=O) groups excluding carboxylic acids is 1. The molecule has 5 heteroatoms. The summed E-state index contributed by atoms with van der Waals surface area (Å²) in [6.07, 6.45) is 2.96. The zero-order valence-electron chi connectivity index (χ0n) is 10.9. The fourth-order valence-corrected chi connectivity index (χ4v) is 1.82. The van der Waals surface area contributed by atoms with Crippen molar-refractivity contribution in [3.05, 3.63) is 66.0 Å². The van der Waals surface area contributed by atoms with E-state index in [0.29, 0.717) is 11.1 Å². The molecule has 0 radical (unpaired) electrons. The molecule has 0 saturated heterocycles. The Morgan fingerprint density at radius 2 is 1.70 bits per heavy atom. The molecule has 0 aliphatic heterocycles. The summed E-state index contributed by atoms with van der Waals surface area (Å²) in [6, 6.07) is 11.6. The van der Waals surface area contributed by atoms with Crippen LogP contribution < -0.4 is 5.32 Å². The summed E-state index contributed by atoms with van der Waals surface area (Å²) in [5, 5.41) is 12.0. The summed E-state index contributed by atoms with van der Waals surface area (Å²) in [7, 11) is 0. The number of rotatable bonds is 4. The van der Waals surface area contributed by atoms with E-state index in [1.807, 2.05) is 0 Å². The fraction of sp³-hybridized carbons (Fsp3) is 0.133. The van der Waals surface area contributed by atoms with E-state index >= 15 is 0 Å². The van der Waals surface area contributed by atoms with E-state index in [1.165, 1.54) is 31.5 Å². The van der Waals surface area contributed by atoms with E-state index in [2.05, 4.69) is 10.3 Å². The molecule has 0 spiro atoms. The summed E-state index contributed by atoms with van der Waals surface area (Å²) in [4.78, 5) is 27.5. The zero-order valence-corrected chi connectivity index (χ0v) is 10.9. The number of carboxylic acid groups (broad SMARTS) is 1. The first-order chi connectivity index (χ1) is 9.54. The minimum Gasteiger partial charge on any atom is -0.479 e. The van der Waals surface area contributed by atoms with E-state index in [9.17, 15) is 14.7 Å². The van der Waals surface area contributed by atoms with E-state index in [1.54, 1.807) is 30.3 Å². The van der Waals surface area contributed by atoms with Crippen LogP contribution in [0.2, 0.25) is 0 Å². The summed E-state index contributed by atoms with van der Waals surface area (Å²) < 4.78 is 0. The third-order valence-corrected chi connectivity index (χ3v) is 3.08. The Morgan fingerprint density at radius 3 is 2.25 bits per heavy atom. The van der Waals surface area contributed by atoms with Crippen molar-refractivity contribution < 1.29 is 14.7 Å². The number of benzene rings is 1. The van der Waals surface area contributed by atoms with Crippen molar-refractivity contribution in [2.24, 2.45) is 0 Å². The maximum Gasteiger partial charge on any atom is 0.333 e. The number of aromatic nitrogens is 1. The van der Waals surface area contributed by atoms with Crippen LogP contribution in [0.5, 0.6) is 0 Å². The van der Waals surface area contributed by atoms with Gasteiger partial charge in [-0.25, -0.2) is 4.79 Å². The van der Waals surface area contributed by atoms with Crippen LogP contribution in [0.4, 0.5) is 0 Å². The first-order valence-corrected chi connectivity index (χ1v) is 6.05. The van der Waals surface area contributed by atoms with Crippen LogP contribution in [0.15, 0.2) is 54.9 Å². The maximum absolute atomic E-state index is 12.1. The molecule has 0 aliphatic rings. The second kappa shape index (κ2) is 5.52. The second-order valence-electron chi connectivity index (χ2n) is 4.49. The third-order valence-electron chi connectivity index (χ3n) is 3.08. The van der Waals surface area contributed by atoms with E-state index in [-0.39, 0.29) is 0 Å². The van der Waals surface area contributed by atoms with Crippen molar-refractivity contribution in [3.63, 3.8) is 0 Å². The predicted octanol–water partition coefficient (Wildman–Crippen LogP) is 1.81. The molecule has 1 aromatic heterocycles. The van der Waals surface area contributed by atoms with Gasteiger partial charge in [-0.05, 0) is 24.6 Å². The molecule has 1 amide bonds. The van der Waals surface area contributed by atoms with E-state index in [0.717, 1.165) is 0 Å². The Morgan fingerprint density at radius 1 is 1.10 bits per heavy atom. The lowest BCUT2D eigenvalue weighted by Gasteiger charge is -2.26. The number of aliphatic carboxylic acids is 1. The van der Waals surface area contributed by atoms with Crippen LogP contribution in [-0.2, 0) is 10.3 Å². The highest BCUT2D eigenvalue weighted by Crippen LogP contribution is 2.21. The average molecular weight is 270 g/mol. The van der Waals surface area contributed by atoms with Crippen molar-refractivity contribution in [3.8, 4) is 0 Å². The Hall–Kier alpha value is -2.69. The molecule has 1 aromatic carbocycles. The minimum atomic E-state index is -1.48. The molecule has 1 atom stereocenters. The smallest absolute Gasteiger partial charge is 0.333 e. The number of carbonyl (C=O) groups is 2. The van der Waals surface area contributed by atoms with Gasteiger partial charge in [0.25, 0.3) is 5.91 Å². The van der Waals surface area contributed by atoms with Crippen LogP contribution in [0.1, 0.15) is 22.8 Å². The fourth-order valence-electron chi connectivity index (χ4n) is 1.82. The normalized spacial score (nSPS) is 13.2. The second-order valence-corrected chi connectivity index (χ2v) is 4.49. The summed E-state index contributed by atoms with van der Waals surface area (Å²) >= 11 is 0. The highest BCUT2D eigenvalue weighted by molar-refractivity contribution is 5.97. The largest absolute Gasteiger partial charge is 0.479 e. The molecule has 0 fully saturated rings. The van der Waals surface area contributed by atoms with Crippen molar-refractivity contribution in [1.29, 1.82) is 0 Å². The van der Waals surface area contributed by atoms with Gasteiger partial charge in [0.15, 0.2) is 5.54 Å². The molecule has 20 heavy (non-hydrogen) atoms. The summed E-state index contributed by atoms with van der Waals surface area (Å²) in [6.45, 7) is 1.46. The lowest BCUT2D eigenvalue weighted by Crippen LogP contribution is -2.49. The SMILES string of the molecule is CC(NC(=O)c1ccncc1)(C(=O)O)c1ccccc1. The van der Waals surface area contributed by atoms with Gasteiger partial charge in [-0.15, -0.1) is 0 Å². The molecule has 2 aromatic rings. The third kappa shape index (κ3) is 2.66. The molecule has 5 nitrogen and oxygen atoms in total. The number of nitrogens with zero attached hydrogens (tertiary/aromatic N) is 1. The predicted molar refractivity (Wildman–Crippen MR) is 73.1 cm³/mol. The minimum absolute atomic E-state index is 0.364. The Labute approximate surface area is 116 Å². The van der Waals surface area contributed by atoms with Gasteiger partial charge in [-0.2, -0.15) is 0 Å². The van der Waals surface area contributed by atoms with Crippen LogP contribution >= 0.6 is 0 Å². The molecule has 2 N–H and O–H groups in total. The Kier molecular flexibility index (Phi) is 3.79. The lowest BCUT2D eigenvalue weighted by atomic mass is 9.91. The highest BCUT2D eigenvalue weighted by atomic mass is 16.4. The van der Waals surface area contributed by atoms with Crippen LogP contribution in [0, 0.1) is 0 Å². The molecule has 1 heterocycles. The topological polar surface area (TPSA) is 79.3 Å². The van der Waals surface area contributed by atoms with Crippen LogP contribution in [0.3, 0.4) is 0 Å². The van der Waals surface area contributed by atoms with Crippen LogP contribution in [0.25, 0.3) is 0 Å². The van der Waals surface area contributed by atoms with Crippen molar-refractivity contribution in [1.82, 2.24) is 10.3 Å². The average Bonchev–Trinajstić information content (AvgIpc) is 2.48. The first-order valence-electron chi connectivity index (χ1n) is 6.05. The van der Waals surface area contributed by atoms with E-state index in [4.69, 9.17) is 0 Å². The zero-order chi connectivity index (χ0) is 14.6. The van der Waals surface area contributed by atoms with Gasteiger partial charge in [-0.1, -0.05) is 30.3 Å². The summed E-state index contributed by atoms with van der Waals surface area (Å²) in [5.41, 5.74) is -0.611. The first kappa shape index (κ1) is 13.7. The number of hydrogen-bond donors (Lipinski definition) is 2. The van der Waals surface area contributed by atoms with E-state index < -0.39 is 17.4 Å². The van der Waals surface area contributed by atoms with Gasteiger partial charge in [0, 0.05) is 18.0 Å². The molecule has 0 aliphatic carbocycles. The van der Waals surface area contributed by atoms with Gasteiger partial charge >= 0.3 is 5.97 Å². The number of nitrogens with one attached hydrogen (secondary N) is 1. The van der Waals surface area contributed by atoms with Gasteiger partial charge in [0.1, 0.15) is 0 Å². The molecule has 0 saturated carbocycles. The molecule has 0 bridgehead atoms. The van der Waals surface area contributed by atoms with Crippen LogP contribution in [-0.4, -0.2) is 22.0 Å². The van der Waals surface area contributed by atoms with Gasteiger partial charge < -0.3 is 10.4 Å². The molecular formula is C15H14N2O3. The molecule has 1 unspecified atom stereocenters. The van der Waals surface area contributed by atoms with Crippen molar-refractivity contribution >= 4 is 11.9 Å². The van der Waals surface area contributed by atoms with Gasteiger partial charge in [-0.3, -0.25) is 9.78 Å². The number of hydrogen-bond acceptors (Lipinski definition) is 3. The Balaban J connectivity index is 2.32. The number of pyridine rings is 1. The monoisotopic (exact) mass is 270 g/mol. The van der Waals surface area contributed by atoms with Gasteiger partial charge in [0.2, 0.25) is 0 Å². The molecule has 2 rings (SSSR count). The van der Waals surface area contributed by atoms with Crippen molar-refractivity contribution in [2.75, 3.05) is 0 Å². The number of carboxylic acids is 1. The lowest BCUT2D eigenvalue weighted by molar-refractivity contribution is -0.144. The van der Waals surface area contributed by atoms with Gasteiger partial charge in [0.05, 0.1) is 0 Å². The maximum atomic E-state index is 12.1. The summed E-state index contributed by atoms with van der Waals surface area (Å²) in [5.74, 6) is -1.58. The van der Waals surface area contributed by atoms with Crippen molar-refractivity contribution in [2.45, 2.75) is 12.5 Å². The number of amides is 1. The Bertz CT molecular complexity index is 614. The molecular weight excluding hydrogens is 256 g/mol. The quantitative estimate of drug-likeness (QED) is 0.888. The standard InChI is InChI=1S/C15H14N2O3/c1-15(14(19)20,12-5-3-2-4-6-12)17-13(18)11-7-9-16-10-8-11/h2-10H,1H3,(H,17,18)(H,19,20).